The average molecular weight is 114 g/mol. The Kier molecular flexibility index (Phi) is 21.0. The Morgan fingerprint density at radius 2 is 1.12 bits per heavy atom. The fraction of sp³-hybridized carbons (Fsp3) is 0.429. The van der Waals surface area contributed by atoms with Crippen molar-refractivity contribution < 1.29 is 5.11 Å². The van der Waals surface area contributed by atoms with Crippen LogP contribution in [0, 0.1) is 0 Å². The minimum absolute atomic E-state index is 1.00. The Balaban J connectivity index is 0. The summed E-state index contributed by atoms with van der Waals surface area (Å²) in [4.78, 5) is 0. The molecule has 0 atom stereocenters. The van der Waals surface area contributed by atoms with Gasteiger partial charge in [-0.3, -0.25) is 0 Å². The number of rotatable bonds is 1. The lowest BCUT2D eigenvalue weighted by Crippen LogP contribution is -1.40. The molecule has 0 aromatic rings. The minimum atomic E-state index is 1.00. The summed E-state index contributed by atoms with van der Waals surface area (Å²) in [5, 5.41) is 7.00. The molecule has 0 saturated heterocycles. The van der Waals surface area contributed by atoms with Crippen molar-refractivity contribution in [2.75, 3.05) is 7.11 Å². The van der Waals surface area contributed by atoms with E-state index in [1.807, 2.05) is 38.2 Å². The van der Waals surface area contributed by atoms with Crippen molar-refractivity contribution in [1.29, 1.82) is 0 Å². The highest BCUT2D eigenvalue weighted by atomic mass is 16.2. The lowest BCUT2D eigenvalue weighted by atomic mass is 10.5. The van der Waals surface area contributed by atoms with Gasteiger partial charge in [-0.15, -0.1) is 0 Å². The predicted octanol–water partition coefficient (Wildman–Crippen LogP) is 1.75. The molecule has 8 heavy (non-hydrogen) atoms. The van der Waals surface area contributed by atoms with Crippen LogP contribution in [0.4, 0.5) is 0 Å². The van der Waals surface area contributed by atoms with Crippen LogP contribution in [0.2, 0.25) is 0 Å². The van der Waals surface area contributed by atoms with Crippen molar-refractivity contribution in [3.05, 3.63) is 24.3 Å². The van der Waals surface area contributed by atoms with E-state index in [9.17, 15) is 0 Å². The van der Waals surface area contributed by atoms with Gasteiger partial charge in [0.2, 0.25) is 0 Å². The SMILES string of the molecule is C/C=C\C=C/C.CO. The number of hydrogen-bond donors (Lipinski definition) is 1. The zero-order valence-electron chi connectivity index (χ0n) is 5.76. The van der Waals surface area contributed by atoms with Crippen LogP contribution in [0.3, 0.4) is 0 Å². The largest absolute Gasteiger partial charge is 0.400 e. The third-order valence-corrected chi connectivity index (χ3v) is 0.496. The Bertz CT molecular complexity index is 52.8. The molecule has 0 spiro atoms. The Hall–Kier alpha value is -0.560. The summed E-state index contributed by atoms with van der Waals surface area (Å²) in [5.74, 6) is 0. The Morgan fingerprint density at radius 1 is 0.875 bits per heavy atom. The molecule has 1 N–H and O–H groups in total. The molecule has 0 bridgehead atoms. The van der Waals surface area contributed by atoms with Crippen molar-refractivity contribution >= 4 is 0 Å². The molecule has 0 fully saturated rings. The molecule has 1 heteroatoms. The van der Waals surface area contributed by atoms with Crippen molar-refractivity contribution in [2.45, 2.75) is 13.8 Å². The number of hydrogen-bond acceptors (Lipinski definition) is 1. The third kappa shape index (κ3) is 18.0. The molecule has 0 rings (SSSR count). The molecule has 0 amide bonds. The number of allylic oxidation sites excluding steroid dienone is 4. The van der Waals surface area contributed by atoms with Crippen LogP contribution in [0.1, 0.15) is 13.8 Å². The topological polar surface area (TPSA) is 20.2 Å². The first-order chi connectivity index (χ1) is 3.91. The molecular formula is C7H14O. The summed E-state index contributed by atoms with van der Waals surface area (Å²) in [5.41, 5.74) is 0. The van der Waals surface area contributed by atoms with Gasteiger partial charge in [-0.05, 0) is 13.8 Å². The summed E-state index contributed by atoms with van der Waals surface area (Å²) < 4.78 is 0. The summed E-state index contributed by atoms with van der Waals surface area (Å²) in [6.45, 7) is 4.00. The highest BCUT2D eigenvalue weighted by molar-refractivity contribution is 4.98. The first kappa shape index (κ1) is 10.4. The van der Waals surface area contributed by atoms with E-state index < -0.39 is 0 Å². The van der Waals surface area contributed by atoms with Gasteiger partial charge < -0.3 is 5.11 Å². The summed E-state index contributed by atoms with van der Waals surface area (Å²) >= 11 is 0. The van der Waals surface area contributed by atoms with Crippen LogP contribution in [-0.2, 0) is 0 Å². The van der Waals surface area contributed by atoms with E-state index in [2.05, 4.69) is 0 Å². The number of aliphatic hydroxyl groups excluding tert-OH is 1. The average Bonchev–Trinajstić information content (AvgIpc) is 1.88. The van der Waals surface area contributed by atoms with Gasteiger partial charge in [0.25, 0.3) is 0 Å². The first-order valence-corrected chi connectivity index (χ1v) is 2.60. The quantitative estimate of drug-likeness (QED) is 0.515. The smallest absolute Gasteiger partial charge is 0.0319 e. The van der Waals surface area contributed by atoms with Crippen LogP contribution in [0.5, 0.6) is 0 Å². The van der Waals surface area contributed by atoms with Crippen molar-refractivity contribution in [2.24, 2.45) is 0 Å². The lowest BCUT2D eigenvalue weighted by Gasteiger charge is -1.62. The van der Waals surface area contributed by atoms with E-state index in [4.69, 9.17) is 5.11 Å². The van der Waals surface area contributed by atoms with E-state index in [-0.39, 0.29) is 0 Å². The second-order valence-electron chi connectivity index (χ2n) is 1.05. The predicted molar refractivity (Wildman–Crippen MR) is 37.8 cm³/mol. The molecule has 0 aliphatic carbocycles. The molecule has 0 aliphatic heterocycles. The second-order valence-corrected chi connectivity index (χ2v) is 1.05. The van der Waals surface area contributed by atoms with E-state index in [1.165, 1.54) is 0 Å². The van der Waals surface area contributed by atoms with Crippen LogP contribution >= 0.6 is 0 Å². The molecule has 0 heterocycles. The molecule has 0 aromatic heterocycles. The fourth-order valence-corrected chi connectivity index (χ4v) is 0.222. The first-order valence-electron chi connectivity index (χ1n) is 2.60. The molecular weight excluding hydrogens is 100 g/mol. The minimum Gasteiger partial charge on any atom is -0.400 e. The summed E-state index contributed by atoms with van der Waals surface area (Å²) in [6, 6.07) is 0. The maximum absolute atomic E-state index is 7.00. The van der Waals surface area contributed by atoms with Crippen LogP contribution in [-0.4, -0.2) is 12.2 Å². The Labute approximate surface area is 51.3 Å². The van der Waals surface area contributed by atoms with Gasteiger partial charge >= 0.3 is 0 Å². The van der Waals surface area contributed by atoms with E-state index in [0.717, 1.165) is 7.11 Å². The summed E-state index contributed by atoms with van der Waals surface area (Å²) in [6.07, 6.45) is 8.00. The van der Waals surface area contributed by atoms with Crippen LogP contribution in [0.15, 0.2) is 24.3 Å². The standard InChI is InChI=1S/C6H10.CH4O/c1-3-5-6-4-2;1-2/h3-6H,1-2H3;2H,1H3/b5-3-,6-4-;. The highest BCUT2D eigenvalue weighted by Crippen LogP contribution is 1.71. The van der Waals surface area contributed by atoms with Gasteiger partial charge in [0.05, 0.1) is 0 Å². The lowest BCUT2D eigenvalue weighted by molar-refractivity contribution is 0.399. The van der Waals surface area contributed by atoms with E-state index in [0.29, 0.717) is 0 Å². The maximum Gasteiger partial charge on any atom is 0.0319 e. The monoisotopic (exact) mass is 114 g/mol. The van der Waals surface area contributed by atoms with Crippen LogP contribution < -0.4 is 0 Å². The van der Waals surface area contributed by atoms with Crippen molar-refractivity contribution in [3.63, 3.8) is 0 Å². The normalized spacial score (nSPS) is 9.50. The fourth-order valence-electron chi connectivity index (χ4n) is 0.222. The van der Waals surface area contributed by atoms with E-state index in [1.54, 1.807) is 0 Å². The van der Waals surface area contributed by atoms with Gasteiger partial charge in [0.15, 0.2) is 0 Å². The molecule has 0 aromatic carbocycles. The second kappa shape index (κ2) is 16.1. The zero-order valence-corrected chi connectivity index (χ0v) is 5.76. The zero-order chi connectivity index (χ0) is 6.83. The number of aliphatic hydroxyl groups is 1. The highest BCUT2D eigenvalue weighted by Gasteiger charge is 1.48. The van der Waals surface area contributed by atoms with Gasteiger partial charge in [-0.25, -0.2) is 0 Å². The van der Waals surface area contributed by atoms with Crippen molar-refractivity contribution in [1.82, 2.24) is 0 Å². The molecule has 1 nitrogen and oxygen atoms in total. The molecule has 0 saturated carbocycles. The van der Waals surface area contributed by atoms with Gasteiger partial charge in [0, 0.05) is 7.11 Å². The van der Waals surface area contributed by atoms with Gasteiger partial charge in [-0.2, -0.15) is 0 Å². The third-order valence-electron chi connectivity index (χ3n) is 0.496. The van der Waals surface area contributed by atoms with Gasteiger partial charge in [0.1, 0.15) is 0 Å². The van der Waals surface area contributed by atoms with Crippen molar-refractivity contribution in [3.8, 4) is 0 Å². The van der Waals surface area contributed by atoms with Gasteiger partial charge in [-0.1, -0.05) is 24.3 Å². The summed E-state index contributed by atoms with van der Waals surface area (Å²) in [7, 11) is 1.00. The molecule has 0 aliphatic rings. The van der Waals surface area contributed by atoms with Crippen LogP contribution in [0.25, 0.3) is 0 Å². The molecule has 48 valence electrons. The molecule has 0 unspecified atom stereocenters. The van der Waals surface area contributed by atoms with E-state index >= 15 is 0 Å². The Morgan fingerprint density at radius 3 is 1.25 bits per heavy atom. The molecule has 0 radical (unpaired) electrons. The maximum atomic E-state index is 7.00.